The summed E-state index contributed by atoms with van der Waals surface area (Å²) in [7, 11) is 0. The number of hydrogen-bond donors (Lipinski definition) is 2. The molecule has 1 aromatic heterocycles. The van der Waals surface area contributed by atoms with E-state index in [1.807, 2.05) is 44.2 Å². The lowest BCUT2D eigenvalue weighted by molar-refractivity contribution is -0.165. The van der Waals surface area contributed by atoms with Crippen molar-refractivity contribution in [1.29, 1.82) is 0 Å². The lowest BCUT2D eigenvalue weighted by Gasteiger charge is -2.43. The Balaban J connectivity index is 1.42. The molecular weight excluding hydrogens is 654 g/mol. The second kappa shape index (κ2) is 16.2. The molecule has 0 unspecified atom stereocenters. The largest absolute Gasteiger partial charge is 0.460 e. The predicted molar refractivity (Wildman–Crippen MR) is 189 cm³/mol. The van der Waals surface area contributed by atoms with Crippen molar-refractivity contribution in [3.8, 4) is 0 Å². The highest BCUT2D eigenvalue weighted by atomic mass is 19.1. The number of aromatic amines is 1. The molecule has 1 aliphatic rings. The molecular formula is C40H44F2N4O5. The fraction of sp³-hybridized carbons (Fsp3) is 0.375. The first-order chi connectivity index (χ1) is 24.5. The summed E-state index contributed by atoms with van der Waals surface area (Å²) < 4.78 is 35.7. The number of amides is 2. The Labute approximate surface area is 296 Å². The fourth-order valence-corrected chi connectivity index (χ4v) is 7.20. The van der Waals surface area contributed by atoms with Crippen LogP contribution in [-0.2, 0) is 27.4 Å². The number of rotatable bonds is 13. The van der Waals surface area contributed by atoms with E-state index in [9.17, 15) is 23.6 Å². The second-order valence-corrected chi connectivity index (χ2v) is 13.1. The number of aryl methyl sites for hydroxylation is 1. The molecule has 0 spiro atoms. The van der Waals surface area contributed by atoms with E-state index in [-0.39, 0.29) is 30.6 Å². The minimum atomic E-state index is -1.07. The number of H-pyrrole nitrogens is 1. The number of halogens is 2. The Kier molecular flexibility index (Phi) is 11.8. The maximum absolute atomic E-state index is 15.3. The van der Waals surface area contributed by atoms with Crippen molar-refractivity contribution in [2.75, 3.05) is 0 Å². The summed E-state index contributed by atoms with van der Waals surface area (Å²) in [4.78, 5) is 56.0. The molecule has 2 N–H and O–H groups in total. The molecule has 0 aliphatic carbocycles. The lowest BCUT2D eigenvalue weighted by Crippen LogP contribution is -2.56. The molecule has 0 saturated carbocycles. The summed E-state index contributed by atoms with van der Waals surface area (Å²) in [5.41, 5.74) is 1.07. The molecule has 0 radical (unpaired) electrons. The monoisotopic (exact) mass is 698 g/mol. The molecule has 9 nitrogen and oxygen atoms in total. The number of ether oxygens (including phenoxy) is 1. The Hall–Kier alpha value is -5.19. The first-order valence-corrected chi connectivity index (χ1v) is 17.4. The van der Waals surface area contributed by atoms with Crippen LogP contribution in [0.15, 0.2) is 83.7 Å². The van der Waals surface area contributed by atoms with Gasteiger partial charge in [0.25, 0.3) is 11.5 Å². The number of likely N-dealkylation sites (tertiary alicyclic amines) is 1. The summed E-state index contributed by atoms with van der Waals surface area (Å²) in [5.74, 6) is -2.62. The molecule has 11 heteroatoms. The highest BCUT2D eigenvalue weighted by Crippen LogP contribution is 2.48. The van der Waals surface area contributed by atoms with Crippen LogP contribution in [0, 0.1) is 24.0 Å². The van der Waals surface area contributed by atoms with Crippen molar-refractivity contribution in [3.63, 3.8) is 0 Å². The van der Waals surface area contributed by atoms with Gasteiger partial charge in [0.1, 0.15) is 24.3 Å². The Morgan fingerprint density at radius 2 is 1.71 bits per heavy atom. The molecule has 0 bridgehead atoms. The number of nitrogens with zero attached hydrogens (tertiary/aromatic N) is 2. The Morgan fingerprint density at radius 1 is 0.961 bits per heavy atom. The van der Waals surface area contributed by atoms with Gasteiger partial charge < -0.3 is 15.0 Å². The van der Waals surface area contributed by atoms with Crippen LogP contribution in [0.25, 0.3) is 0 Å². The van der Waals surface area contributed by atoms with Gasteiger partial charge in [0.05, 0.1) is 17.2 Å². The van der Waals surface area contributed by atoms with Crippen LogP contribution in [0.4, 0.5) is 8.78 Å². The average Bonchev–Trinajstić information content (AvgIpc) is 3.58. The molecule has 1 fully saturated rings. The third-order valence-corrected chi connectivity index (χ3v) is 10.1. The van der Waals surface area contributed by atoms with Crippen molar-refractivity contribution >= 4 is 17.8 Å². The van der Waals surface area contributed by atoms with Crippen molar-refractivity contribution in [1.82, 2.24) is 20.4 Å². The number of carbonyl (C=O) groups is 3. The lowest BCUT2D eigenvalue weighted by atomic mass is 9.74. The zero-order valence-corrected chi connectivity index (χ0v) is 29.4. The van der Waals surface area contributed by atoms with Gasteiger partial charge in [0, 0.05) is 23.6 Å². The van der Waals surface area contributed by atoms with Gasteiger partial charge >= 0.3 is 5.97 Å². The summed E-state index contributed by atoms with van der Waals surface area (Å²) in [6.07, 6.45) is 1.93. The smallest absolute Gasteiger partial charge is 0.314 e. The van der Waals surface area contributed by atoms with Gasteiger partial charge in [-0.25, -0.2) is 13.9 Å². The predicted octanol–water partition coefficient (Wildman–Crippen LogP) is 6.74. The molecule has 2 amide bonds. The van der Waals surface area contributed by atoms with Crippen molar-refractivity contribution < 1.29 is 27.9 Å². The number of carbonyl (C=O) groups excluding carboxylic acids is 3. The van der Waals surface area contributed by atoms with Gasteiger partial charge in [-0.15, -0.1) is 0 Å². The summed E-state index contributed by atoms with van der Waals surface area (Å²) in [5, 5.41) is 9.02. The highest BCUT2D eigenvalue weighted by Gasteiger charge is 2.53. The average molecular weight is 699 g/mol. The standard InChI is InChI=1S/C40H44F2N4O5/c1-5-33(43-36(47)29-17-16-27(32(42)23-29)21-30-20-25(4)44-45-37(30)48)38(49)46-34(28-14-11-15-31(41)22-28)18-19-35(46)40(6-2,7-3)39(50)51-24-26-12-9-8-10-13-26/h8-17,20,22-23,33-35H,5-7,18-19,21,24H2,1-4H3,(H,43,47)(H,45,48)/t33-,34+,35-/m1/s1. The van der Waals surface area contributed by atoms with Crippen molar-refractivity contribution in [3.05, 3.63) is 134 Å². The van der Waals surface area contributed by atoms with E-state index in [0.29, 0.717) is 42.5 Å². The van der Waals surface area contributed by atoms with Gasteiger partial charge in [-0.3, -0.25) is 19.2 Å². The van der Waals surface area contributed by atoms with E-state index >= 15 is 4.39 Å². The normalized spacial score (nSPS) is 16.5. The molecule has 51 heavy (non-hydrogen) atoms. The maximum atomic E-state index is 15.3. The molecule has 5 rings (SSSR count). The Bertz CT molecular complexity index is 1930. The number of aromatic nitrogens is 2. The van der Waals surface area contributed by atoms with Crippen LogP contribution in [0.1, 0.15) is 97.2 Å². The van der Waals surface area contributed by atoms with E-state index in [4.69, 9.17) is 4.74 Å². The number of benzene rings is 3. The fourth-order valence-electron chi connectivity index (χ4n) is 7.20. The van der Waals surface area contributed by atoms with Gasteiger partial charge in [-0.1, -0.05) is 69.3 Å². The van der Waals surface area contributed by atoms with E-state index < -0.39 is 58.5 Å². The molecule has 2 heterocycles. The maximum Gasteiger partial charge on any atom is 0.314 e. The van der Waals surface area contributed by atoms with Crippen LogP contribution in [0.5, 0.6) is 0 Å². The molecule has 1 aliphatic heterocycles. The first kappa shape index (κ1) is 37.1. The van der Waals surface area contributed by atoms with E-state index in [1.165, 1.54) is 24.3 Å². The topological polar surface area (TPSA) is 121 Å². The molecule has 4 aromatic rings. The SMILES string of the molecule is CC[C@@H](NC(=O)c1ccc(Cc2cc(C)n[nH]c2=O)c(F)c1)C(=O)N1[C@H](c2cccc(F)c2)CC[C@@H]1C(CC)(CC)C(=O)OCc1ccccc1. The number of esters is 1. The van der Waals surface area contributed by atoms with Crippen LogP contribution >= 0.6 is 0 Å². The van der Waals surface area contributed by atoms with Crippen molar-refractivity contribution in [2.24, 2.45) is 5.41 Å². The summed E-state index contributed by atoms with van der Waals surface area (Å²) in [6.45, 7) is 7.34. The molecule has 3 atom stereocenters. The summed E-state index contributed by atoms with van der Waals surface area (Å²) in [6, 6.07) is 18.8. The molecule has 3 aromatic carbocycles. The first-order valence-electron chi connectivity index (χ1n) is 17.4. The third kappa shape index (κ3) is 8.08. The second-order valence-electron chi connectivity index (χ2n) is 13.1. The zero-order chi connectivity index (χ0) is 36.7. The van der Waals surface area contributed by atoms with E-state index in [0.717, 1.165) is 11.6 Å². The van der Waals surface area contributed by atoms with Crippen LogP contribution in [0.2, 0.25) is 0 Å². The van der Waals surface area contributed by atoms with Crippen molar-refractivity contribution in [2.45, 2.75) is 91.0 Å². The van der Waals surface area contributed by atoms with Gasteiger partial charge in [-0.2, -0.15) is 5.10 Å². The minimum Gasteiger partial charge on any atom is -0.460 e. The Morgan fingerprint density at radius 3 is 2.37 bits per heavy atom. The van der Waals surface area contributed by atoms with E-state index in [2.05, 4.69) is 15.5 Å². The zero-order valence-electron chi connectivity index (χ0n) is 29.4. The number of hydrogen-bond acceptors (Lipinski definition) is 6. The minimum absolute atomic E-state index is 0.00271. The van der Waals surface area contributed by atoms with E-state index in [1.54, 1.807) is 36.9 Å². The quantitative estimate of drug-likeness (QED) is 0.149. The van der Waals surface area contributed by atoms with Crippen LogP contribution < -0.4 is 10.9 Å². The van der Waals surface area contributed by atoms with Gasteiger partial charge in [0.2, 0.25) is 5.91 Å². The third-order valence-electron chi connectivity index (χ3n) is 10.1. The van der Waals surface area contributed by atoms with Crippen LogP contribution in [0.3, 0.4) is 0 Å². The molecule has 1 saturated heterocycles. The highest BCUT2D eigenvalue weighted by molar-refractivity contribution is 5.98. The molecule has 268 valence electrons. The van der Waals surface area contributed by atoms with Gasteiger partial charge in [0.15, 0.2) is 0 Å². The summed E-state index contributed by atoms with van der Waals surface area (Å²) >= 11 is 0. The van der Waals surface area contributed by atoms with Crippen LogP contribution in [-0.4, -0.2) is 45.0 Å². The van der Waals surface area contributed by atoms with Gasteiger partial charge in [-0.05, 0) is 86.1 Å². The number of nitrogens with one attached hydrogen (secondary N) is 2.